The molecule has 1 rings (SSSR count). The van der Waals surface area contributed by atoms with Gasteiger partial charge in [0.2, 0.25) is 0 Å². The van der Waals surface area contributed by atoms with Gasteiger partial charge in [-0.3, -0.25) is 0 Å². The maximum atomic E-state index is 4.13. The third-order valence-corrected chi connectivity index (χ3v) is 2.17. The minimum atomic E-state index is 0.551. The maximum Gasteiger partial charge on any atom is 0.120 e. The van der Waals surface area contributed by atoms with Gasteiger partial charge in [-0.1, -0.05) is 0 Å². The normalized spacial score (nSPS) is 13.5. The molecule has 0 radical (unpaired) electrons. The van der Waals surface area contributed by atoms with Gasteiger partial charge in [0.1, 0.15) is 5.82 Å². The molecule has 4 heteroatoms. The highest BCUT2D eigenvalue weighted by Crippen LogP contribution is 1.90. The van der Waals surface area contributed by atoms with E-state index in [1.165, 1.54) is 0 Å². The summed E-state index contributed by atoms with van der Waals surface area (Å²) >= 11 is 0. The Hall–Kier alpha value is -0.870. The van der Waals surface area contributed by atoms with E-state index in [9.17, 15) is 0 Å². The minimum Gasteiger partial charge on any atom is -0.348 e. The Labute approximate surface area is 79.4 Å². The smallest absolute Gasteiger partial charge is 0.120 e. The van der Waals surface area contributed by atoms with Crippen LogP contribution in [-0.2, 0) is 6.54 Å². The molecule has 0 saturated carbocycles. The van der Waals surface area contributed by atoms with Crippen molar-refractivity contribution in [2.24, 2.45) is 0 Å². The molecule has 0 bridgehead atoms. The van der Waals surface area contributed by atoms with Gasteiger partial charge in [0, 0.05) is 25.0 Å². The second-order valence-electron chi connectivity index (χ2n) is 3.48. The molecule has 13 heavy (non-hydrogen) atoms. The molecular weight excluding hydrogens is 164 g/mol. The summed E-state index contributed by atoms with van der Waals surface area (Å²) in [6, 6.07) is 0.551. The monoisotopic (exact) mass is 182 g/mol. The Kier molecular flexibility index (Phi) is 3.92. The summed E-state index contributed by atoms with van der Waals surface area (Å²) in [5, 5.41) is 3.33. The molecule has 0 fully saturated rings. The fourth-order valence-electron chi connectivity index (χ4n) is 0.977. The number of hydrogen-bond donors (Lipinski definition) is 2. The van der Waals surface area contributed by atoms with Crippen LogP contribution in [-0.4, -0.2) is 41.5 Å². The largest absolute Gasteiger partial charge is 0.348 e. The zero-order valence-corrected chi connectivity index (χ0v) is 8.54. The number of aromatic amines is 1. The zero-order chi connectivity index (χ0) is 9.68. The predicted molar refractivity (Wildman–Crippen MR) is 53.4 cm³/mol. The molecule has 0 spiro atoms. The molecule has 1 atom stereocenters. The van der Waals surface area contributed by atoms with E-state index in [4.69, 9.17) is 0 Å². The summed E-state index contributed by atoms with van der Waals surface area (Å²) in [4.78, 5) is 9.37. The molecule has 4 nitrogen and oxygen atoms in total. The first-order valence-electron chi connectivity index (χ1n) is 4.55. The first-order chi connectivity index (χ1) is 6.20. The summed E-state index contributed by atoms with van der Waals surface area (Å²) in [5.41, 5.74) is 0. The molecule has 0 amide bonds. The SMILES string of the molecule is CC(CNCc1ncc[nH]1)N(C)C. The van der Waals surface area contributed by atoms with Crippen molar-refractivity contribution in [3.63, 3.8) is 0 Å². The van der Waals surface area contributed by atoms with Crippen LogP contribution in [0.3, 0.4) is 0 Å². The van der Waals surface area contributed by atoms with Gasteiger partial charge in [-0.15, -0.1) is 0 Å². The van der Waals surface area contributed by atoms with E-state index in [2.05, 4.69) is 41.2 Å². The highest BCUT2D eigenvalue weighted by molar-refractivity contribution is 4.86. The van der Waals surface area contributed by atoms with Gasteiger partial charge in [-0.25, -0.2) is 4.98 Å². The lowest BCUT2D eigenvalue weighted by atomic mass is 10.3. The summed E-state index contributed by atoms with van der Waals surface area (Å²) in [6.45, 7) is 3.98. The van der Waals surface area contributed by atoms with E-state index >= 15 is 0 Å². The van der Waals surface area contributed by atoms with Crippen LogP contribution in [0.1, 0.15) is 12.7 Å². The Bertz CT molecular complexity index is 218. The molecule has 0 saturated heterocycles. The second-order valence-corrected chi connectivity index (χ2v) is 3.48. The van der Waals surface area contributed by atoms with E-state index in [1.807, 2.05) is 6.20 Å². The quantitative estimate of drug-likeness (QED) is 0.695. The van der Waals surface area contributed by atoms with Crippen LogP contribution in [0.4, 0.5) is 0 Å². The van der Waals surface area contributed by atoms with Gasteiger partial charge >= 0.3 is 0 Å². The molecule has 1 aromatic heterocycles. The van der Waals surface area contributed by atoms with Gasteiger partial charge in [-0.2, -0.15) is 0 Å². The van der Waals surface area contributed by atoms with Gasteiger partial charge in [0.25, 0.3) is 0 Å². The van der Waals surface area contributed by atoms with Gasteiger partial charge in [-0.05, 0) is 21.0 Å². The minimum absolute atomic E-state index is 0.551. The van der Waals surface area contributed by atoms with E-state index in [1.54, 1.807) is 6.20 Å². The fourth-order valence-corrected chi connectivity index (χ4v) is 0.977. The predicted octanol–water partition coefficient (Wildman–Crippen LogP) is 0.449. The average molecular weight is 182 g/mol. The molecule has 0 aliphatic carbocycles. The van der Waals surface area contributed by atoms with Crippen LogP contribution >= 0.6 is 0 Å². The number of H-pyrrole nitrogens is 1. The molecule has 1 aromatic rings. The highest BCUT2D eigenvalue weighted by atomic mass is 15.1. The van der Waals surface area contributed by atoms with Gasteiger partial charge in [0.05, 0.1) is 6.54 Å². The Morgan fingerprint density at radius 2 is 2.38 bits per heavy atom. The van der Waals surface area contributed by atoms with Crippen LogP contribution in [0.2, 0.25) is 0 Å². The summed E-state index contributed by atoms with van der Waals surface area (Å²) in [6.07, 6.45) is 3.61. The molecular formula is C9H18N4. The molecule has 0 aliphatic rings. The molecule has 0 aromatic carbocycles. The van der Waals surface area contributed by atoms with Crippen LogP contribution < -0.4 is 5.32 Å². The number of imidazole rings is 1. The lowest BCUT2D eigenvalue weighted by Crippen LogP contribution is -2.35. The molecule has 1 heterocycles. The van der Waals surface area contributed by atoms with Crippen molar-refractivity contribution in [3.8, 4) is 0 Å². The maximum absolute atomic E-state index is 4.13. The first-order valence-corrected chi connectivity index (χ1v) is 4.55. The van der Waals surface area contributed by atoms with E-state index < -0.39 is 0 Å². The summed E-state index contributed by atoms with van der Waals surface area (Å²) in [7, 11) is 4.17. The third kappa shape index (κ3) is 3.57. The van der Waals surface area contributed by atoms with E-state index in [0.29, 0.717) is 6.04 Å². The molecule has 1 unspecified atom stereocenters. The number of nitrogens with zero attached hydrogens (tertiary/aromatic N) is 2. The van der Waals surface area contributed by atoms with Crippen molar-refractivity contribution >= 4 is 0 Å². The van der Waals surface area contributed by atoms with Crippen LogP contribution in [0.25, 0.3) is 0 Å². The fraction of sp³-hybridized carbons (Fsp3) is 0.667. The lowest BCUT2D eigenvalue weighted by molar-refractivity contribution is 0.302. The van der Waals surface area contributed by atoms with Gasteiger partial charge < -0.3 is 15.2 Å². The lowest BCUT2D eigenvalue weighted by Gasteiger charge is -2.19. The topological polar surface area (TPSA) is 44.0 Å². The summed E-state index contributed by atoms with van der Waals surface area (Å²) < 4.78 is 0. The number of aromatic nitrogens is 2. The Morgan fingerprint density at radius 1 is 1.62 bits per heavy atom. The van der Waals surface area contributed by atoms with E-state index in [-0.39, 0.29) is 0 Å². The van der Waals surface area contributed by atoms with Crippen LogP contribution in [0.15, 0.2) is 12.4 Å². The van der Waals surface area contributed by atoms with Crippen molar-refractivity contribution in [1.82, 2.24) is 20.2 Å². The van der Waals surface area contributed by atoms with Crippen molar-refractivity contribution in [2.75, 3.05) is 20.6 Å². The second kappa shape index (κ2) is 4.99. The standard InChI is InChI=1S/C9H18N4/c1-8(13(2)3)6-10-7-9-11-4-5-12-9/h4-5,8,10H,6-7H2,1-3H3,(H,11,12). The highest BCUT2D eigenvalue weighted by Gasteiger charge is 2.03. The van der Waals surface area contributed by atoms with Crippen molar-refractivity contribution < 1.29 is 0 Å². The summed E-state index contributed by atoms with van der Waals surface area (Å²) in [5.74, 6) is 0.992. The van der Waals surface area contributed by atoms with Crippen molar-refractivity contribution in [2.45, 2.75) is 19.5 Å². The van der Waals surface area contributed by atoms with E-state index in [0.717, 1.165) is 18.9 Å². The first kappa shape index (κ1) is 10.2. The number of rotatable bonds is 5. The Morgan fingerprint density at radius 3 is 2.92 bits per heavy atom. The number of hydrogen-bond acceptors (Lipinski definition) is 3. The van der Waals surface area contributed by atoms with Gasteiger partial charge in [0.15, 0.2) is 0 Å². The average Bonchev–Trinajstić information content (AvgIpc) is 2.56. The Balaban J connectivity index is 2.14. The molecule has 2 N–H and O–H groups in total. The number of nitrogens with one attached hydrogen (secondary N) is 2. The van der Waals surface area contributed by atoms with Crippen LogP contribution in [0.5, 0.6) is 0 Å². The third-order valence-electron chi connectivity index (χ3n) is 2.17. The van der Waals surface area contributed by atoms with Crippen molar-refractivity contribution in [1.29, 1.82) is 0 Å². The van der Waals surface area contributed by atoms with Crippen LogP contribution in [0, 0.1) is 0 Å². The zero-order valence-electron chi connectivity index (χ0n) is 8.54. The molecule has 0 aliphatic heterocycles. The number of likely N-dealkylation sites (N-methyl/N-ethyl adjacent to an activating group) is 1. The van der Waals surface area contributed by atoms with Crippen molar-refractivity contribution in [3.05, 3.63) is 18.2 Å². The molecule has 74 valence electrons.